The highest BCUT2D eigenvalue weighted by atomic mass is 128. The molecule has 0 saturated heterocycles. The molecule has 0 saturated carbocycles. The van der Waals surface area contributed by atoms with Crippen molar-refractivity contribution in [3.05, 3.63) is 71.6 Å². The van der Waals surface area contributed by atoms with Crippen LogP contribution in [0.4, 0.5) is 0 Å². The lowest BCUT2D eigenvalue weighted by Gasteiger charge is -1.88. The smallest absolute Gasteiger partial charge is 0.0634 e. The van der Waals surface area contributed by atoms with Crippen molar-refractivity contribution in [1.29, 1.82) is 0 Å². The molecule has 3 rings (SSSR count). The molecule has 3 heterocycles. The Hall–Kier alpha value is 0.280. The van der Waals surface area contributed by atoms with Crippen molar-refractivity contribution in [2.24, 2.45) is 0 Å². The van der Waals surface area contributed by atoms with Gasteiger partial charge in [-0.3, -0.25) is 0 Å². The molecule has 0 radical (unpaired) electrons. The van der Waals surface area contributed by atoms with Gasteiger partial charge in [-0.05, 0) is 67.0 Å². The first-order valence-electron chi connectivity index (χ1n) is 9.87. The summed E-state index contributed by atoms with van der Waals surface area (Å²) < 4.78 is 0. The second-order valence-corrected chi connectivity index (χ2v) is 5.32. The minimum Gasteiger partial charge on any atom is -1.00 e. The Bertz CT molecular complexity index is 529. The summed E-state index contributed by atoms with van der Waals surface area (Å²) in [5, 5.41) is 0. The normalized spacial score (nSPS) is 7.93. The van der Waals surface area contributed by atoms with Crippen molar-refractivity contribution < 1.29 is 18.1 Å². The third-order valence-electron chi connectivity index (χ3n) is 3.63. The zero-order valence-electron chi connectivity index (χ0n) is 19.2. The zero-order valence-corrected chi connectivity index (χ0v) is 26.4. The number of H-pyrrole nitrogens is 3. The minimum atomic E-state index is 0. The molecule has 3 aromatic rings. The van der Waals surface area contributed by atoms with E-state index in [0.717, 1.165) is 25.7 Å². The van der Waals surface area contributed by atoms with Crippen LogP contribution < -0.4 is 18.1 Å². The molecule has 8 heteroatoms. The van der Waals surface area contributed by atoms with Gasteiger partial charge in [-0.25, -0.2) is 0 Å². The Morgan fingerprint density at radius 3 is 0.967 bits per heavy atom. The van der Waals surface area contributed by atoms with Crippen LogP contribution in [0.2, 0.25) is 0 Å². The highest BCUT2D eigenvalue weighted by Gasteiger charge is 1.92. The number of aromatic nitrogens is 3. The summed E-state index contributed by atoms with van der Waals surface area (Å²) in [6.07, 6.45) is 8.19. The average Bonchev–Trinajstić information content (AvgIpc) is 3.61. The maximum atomic E-state index is 3.31. The standard InChI is InChI=1S/2C8H13N.C4H5N.CH3I.CH5N.ClH.I2/c2*1-3-7-5-6-8(4-2)9-7;1-2-4-5-3-1;2*1-2;;1-2/h2*5-6,9H,3-4H2,1-2H3;1-5H;1H3;2H2,1H3;1H;. The summed E-state index contributed by atoms with van der Waals surface area (Å²) in [6, 6.07) is 12.5. The molecule has 0 bridgehead atoms. The minimum absolute atomic E-state index is 0. The summed E-state index contributed by atoms with van der Waals surface area (Å²) in [4.78, 5) is 11.5. The maximum Gasteiger partial charge on any atom is 0.0634 e. The second kappa shape index (κ2) is 31.5. The van der Waals surface area contributed by atoms with Crippen molar-refractivity contribution in [2.45, 2.75) is 53.4 Å². The van der Waals surface area contributed by atoms with E-state index in [2.05, 4.69) is 132 Å². The Morgan fingerprint density at radius 2 is 0.867 bits per heavy atom. The molecule has 0 aromatic carbocycles. The molecule has 0 aliphatic heterocycles. The number of alkyl halides is 1. The fraction of sp³-hybridized carbons (Fsp3) is 0.455. The summed E-state index contributed by atoms with van der Waals surface area (Å²) in [6.45, 7) is 8.63. The van der Waals surface area contributed by atoms with E-state index in [1.807, 2.05) is 29.5 Å². The number of rotatable bonds is 4. The predicted octanol–water partition coefficient (Wildman–Crippen LogP) is 3.98. The Balaban J connectivity index is -0.000000151. The number of hydrogen-bond donors (Lipinski definition) is 4. The lowest BCUT2D eigenvalue weighted by atomic mass is 10.3. The van der Waals surface area contributed by atoms with Gasteiger partial charge in [-0.15, -0.1) is 0 Å². The molecular formula is C22H40ClI3N4. The SMILES string of the molecule is CCc1ccc(CC)[nH]1.CCc1ccc(CC)[nH]1.CI.C[NH3+].II.[Cl-].c1cc[nH]c1. The van der Waals surface area contributed by atoms with Crippen LogP contribution in [0.25, 0.3) is 0 Å². The molecule has 0 unspecified atom stereocenters. The van der Waals surface area contributed by atoms with Gasteiger partial charge in [-0.2, -0.15) is 0 Å². The first-order chi connectivity index (χ1) is 14.2. The number of halogens is 4. The van der Waals surface area contributed by atoms with Crippen LogP contribution in [-0.2, 0) is 25.7 Å². The van der Waals surface area contributed by atoms with E-state index < -0.39 is 0 Å². The first-order valence-corrected chi connectivity index (χ1v) is 18.3. The number of aryl methyl sites for hydroxylation is 4. The van der Waals surface area contributed by atoms with E-state index in [0.29, 0.717) is 0 Å². The Labute approximate surface area is 227 Å². The van der Waals surface area contributed by atoms with Crippen molar-refractivity contribution in [1.82, 2.24) is 15.0 Å². The lowest BCUT2D eigenvalue weighted by Crippen LogP contribution is -3.00. The van der Waals surface area contributed by atoms with Gasteiger partial charge in [0, 0.05) is 72.4 Å². The largest absolute Gasteiger partial charge is 1.00 e. The maximum absolute atomic E-state index is 3.31. The molecule has 6 N–H and O–H groups in total. The van der Waals surface area contributed by atoms with Crippen LogP contribution in [0.15, 0.2) is 48.8 Å². The Kier molecular flexibility index (Phi) is 39.4. The van der Waals surface area contributed by atoms with Gasteiger partial charge in [0.05, 0.1) is 7.05 Å². The van der Waals surface area contributed by atoms with Crippen LogP contribution in [0.3, 0.4) is 0 Å². The monoisotopic (exact) mass is 776 g/mol. The number of aromatic amines is 3. The zero-order chi connectivity index (χ0) is 22.9. The number of hydrogen-bond acceptors (Lipinski definition) is 0. The van der Waals surface area contributed by atoms with E-state index >= 15 is 0 Å². The first kappa shape index (κ1) is 37.6. The van der Waals surface area contributed by atoms with Crippen molar-refractivity contribution in [3.8, 4) is 0 Å². The summed E-state index contributed by atoms with van der Waals surface area (Å²) in [5.41, 5.74) is 8.61. The van der Waals surface area contributed by atoms with Gasteiger partial charge in [0.25, 0.3) is 0 Å². The van der Waals surface area contributed by atoms with E-state index in [-0.39, 0.29) is 12.4 Å². The molecule has 0 aliphatic carbocycles. The predicted molar refractivity (Wildman–Crippen MR) is 157 cm³/mol. The molecule has 0 amide bonds. The van der Waals surface area contributed by atoms with E-state index in [4.69, 9.17) is 0 Å². The molecular weight excluding hydrogens is 736 g/mol. The van der Waals surface area contributed by atoms with Crippen molar-refractivity contribution in [2.75, 3.05) is 12.0 Å². The number of quaternary nitrogens is 1. The second-order valence-electron chi connectivity index (χ2n) is 5.32. The van der Waals surface area contributed by atoms with Gasteiger partial charge >= 0.3 is 0 Å². The molecule has 4 nitrogen and oxygen atoms in total. The van der Waals surface area contributed by atoms with E-state index in [1.54, 1.807) is 7.05 Å². The highest BCUT2D eigenvalue weighted by molar-refractivity contribution is 15.0. The summed E-state index contributed by atoms with van der Waals surface area (Å²) in [5.74, 6) is 0. The van der Waals surface area contributed by atoms with Gasteiger partial charge < -0.3 is 33.1 Å². The average molecular weight is 777 g/mol. The molecule has 30 heavy (non-hydrogen) atoms. The molecule has 0 atom stereocenters. The number of nitrogens with one attached hydrogen (secondary N) is 3. The van der Waals surface area contributed by atoms with Gasteiger partial charge in [0.15, 0.2) is 0 Å². The van der Waals surface area contributed by atoms with Crippen LogP contribution in [0.5, 0.6) is 0 Å². The molecule has 0 spiro atoms. The fourth-order valence-electron chi connectivity index (χ4n) is 2.08. The van der Waals surface area contributed by atoms with E-state index in [1.165, 1.54) is 22.8 Å². The van der Waals surface area contributed by atoms with Gasteiger partial charge in [0.2, 0.25) is 0 Å². The van der Waals surface area contributed by atoms with Crippen LogP contribution in [0.1, 0.15) is 50.5 Å². The topological polar surface area (TPSA) is 75.0 Å². The third kappa shape index (κ3) is 21.5. The fourth-order valence-corrected chi connectivity index (χ4v) is 2.08. The Morgan fingerprint density at radius 1 is 0.633 bits per heavy atom. The van der Waals surface area contributed by atoms with Crippen molar-refractivity contribution in [3.63, 3.8) is 0 Å². The molecule has 0 fully saturated rings. The molecule has 176 valence electrons. The summed E-state index contributed by atoms with van der Waals surface area (Å²) in [7, 11) is 1.75. The lowest BCUT2D eigenvalue weighted by molar-refractivity contribution is -0.325. The van der Waals surface area contributed by atoms with Crippen molar-refractivity contribution >= 4 is 59.8 Å². The van der Waals surface area contributed by atoms with Crippen LogP contribution in [-0.4, -0.2) is 26.9 Å². The van der Waals surface area contributed by atoms with Crippen LogP contribution >= 0.6 is 59.8 Å². The van der Waals surface area contributed by atoms with Crippen LogP contribution in [0, 0.1) is 0 Å². The molecule has 0 aliphatic rings. The highest BCUT2D eigenvalue weighted by Crippen LogP contribution is 2.02. The quantitative estimate of drug-likeness (QED) is 0.229. The third-order valence-corrected chi connectivity index (χ3v) is 3.63. The molecule has 3 aromatic heterocycles. The summed E-state index contributed by atoms with van der Waals surface area (Å²) >= 11 is 6.39. The van der Waals surface area contributed by atoms with E-state index in [9.17, 15) is 0 Å². The van der Waals surface area contributed by atoms with Gasteiger partial charge in [0.1, 0.15) is 0 Å². The van der Waals surface area contributed by atoms with Gasteiger partial charge in [-0.1, -0.05) is 50.3 Å².